The zero-order valence-electron chi connectivity index (χ0n) is 21.9. The van der Waals surface area contributed by atoms with Crippen LogP contribution < -0.4 is 11.1 Å². The first-order valence-electron chi connectivity index (χ1n) is 12.4. The summed E-state index contributed by atoms with van der Waals surface area (Å²) in [5.41, 5.74) is 7.31. The second-order valence-corrected chi connectivity index (χ2v) is 11.5. The zero-order chi connectivity index (χ0) is 28.3. The lowest BCUT2D eigenvalue weighted by molar-refractivity contribution is -0.210. The molecule has 0 spiro atoms. The molecule has 1 aromatic heterocycles. The van der Waals surface area contributed by atoms with Crippen LogP contribution in [0, 0.1) is 5.92 Å². The van der Waals surface area contributed by atoms with Gasteiger partial charge < -0.3 is 21.1 Å². The molecule has 0 bridgehead atoms. The van der Waals surface area contributed by atoms with E-state index in [9.17, 15) is 27.9 Å². The van der Waals surface area contributed by atoms with Gasteiger partial charge in [-0.3, -0.25) is 14.4 Å². The molecule has 4 atom stereocenters. The number of carbonyl (C=O) groups is 3. The fraction of sp³-hybridized carbons (Fsp3) is 0.520. The van der Waals surface area contributed by atoms with Crippen LogP contribution in [0.2, 0.25) is 0 Å². The van der Waals surface area contributed by atoms with Crippen LogP contribution in [0.5, 0.6) is 0 Å². The second kappa shape index (κ2) is 14.6. The van der Waals surface area contributed by atoms with Crippen molar-refractivity contribution in [1.29, 1.82) is 0 Å². The number of nitrogens with zero attached hydrogens (tertiary/aromatic N) is 2. The van der Waals surface area contributed by atoms with Gasteiger partial charge in [-0.15, -0.1) is 0 Å². The number of hydrogen-bond donors (Lipinski definition) is 4. The number of rotatable bonds is 16. The number of nitrogens with one attached hydrogen (secondary N) is 2. The molecule has 2 rings (SSSR count). The SMILES string of the molecule is CC[C@H](C)[C@@H](CON(C(=O)CCc1ccccc1)[C@@H](CCS(C)(=O)=O)C(=O)O)NC(=O)[C@@H](N)c1cnc[nH]1. The minimum atomic E-state index is -3.50. The topological polar surface area (TPSA) is 185 Å². The molecular weight excluding hydrogens is 514 g/mol. The third-order valence-electron chi connectivity index (χ3n) is 6.23. The Labute approximate surface area is 222 Å². The van der Waals surface area contributed by atoms with E-state index in [0.717, 1.165) is 16.9 Å². The van der Waals surface area contributed by atoms with E-state index >= 15 is 0 Å². The van der Waals surface area contributed by atoms with Gasteiger partial charge in [-0.2, -0.15) is 0 Å². The summed E-state index contributed by atoms with van der Waals surface area (Å²) in [6, 6.07) is 6.01. The molecule has 38 heavy (non-hydrogen) atoms. The van der Waals surface area contributed by atoms with Crippen molar-refractivity contribution >= 4 is 27.6 Å². The standard InChI is InChI=1S/C25H37N5O7S/c1-4-17(2)20(29-24(32)23(26)19-14-27-16-28-19)15-37-30(21(25(33)34)12-13-38(3,35)36)22(31)11-10-18-8-6-5-7-9-18/h5-9,14,16-17,20-21,23H,4,10-13,15,26H2,1-3H3,(H,27,28)(H,29,32)(H,33,34)/t17-,20+,21-,23-/m0/s1. The molecule has 5 N–H and O–H groups in total. The van der Waals surface area contributed by atoms with E-state index in [0.29, 0.717) is 18.5 Å². The number of nitrogens with two attached hydrogens (primary N) is 1. The molecule has 1 aromatic carbocycles. The minimum absolute atomic E-state index is 0.0578. The molecule has 1 heterocycles. The van der Waals surface area contributed by atoms with Crippen LogP contribution in [-0.2, 0) is 35.5 Å². The van der Waals surface area contributed by atoms with Crippen molar-refractivity contribution in [2.45, 2.75) is 57.7 Å². The van der Waals surface area contributed by atoms with Crippen molar-refractivity contribution in [3.63, 3.8) is 0 Å². The predicted octanol–water partition coefficient (Wildman–Crippen LogP) is 1.22. The minimum Gasteiger partial charge on any atom is -0.480 e. The van der Waals surface area contributed by atoms with E-state index in [1.54, 1.807) is 0 Å². The monoisotopic (exact) mass is 551 g/mol. The van der Waals surface area contributed by atoms with Crippen LogP contribution in [0.3, 0.4) is 0 Å². The molecule has 2 aromatic rings. The summed E-state index contributed by atoms with van der Waals surface area (Å²) in [6.07, 6.45) is 4.40. The summed E-state index contributed by atoms with van der Waals surface area (Å²) in [5.74, 6) is -3.07. The fourth-order valence-electron chi connectivity index (χ4n) is 3.65. The maximum absolute atomic E-state index is 13.2. The molecule has 12 nitrogen and oxygen atoms in total. The van der Waals surface area contributed by atoms with Crippen molar-refractivity contribution in [3.8, 4) is 0 Å². The van der Waals surface area contributed by atoms with Crippen molar-refractivity contribution in [1.82, 2.24) is 20.3 Å². The first kappa shape index (κ1) is 30.9. The largest absolute Gasteiger partial charge is 0.480 e. The number of aromatic nitrogens is 2. The number of carboxylic acids is 1. The maximum atomic E-state index is 13.2. The van der Waals surface area contributed by atoms with Crippen molar-refractivity contribution in [2.75, 3.05) is 18.6 Å². The lowest BCUT2D eigenvalue weighted by Crippen LogP contribution is -2.51. The molecule has 0 aliphatic heterocycles. The highest BCUT2D eigenvalue weighted by Crippen LogP contribution is 2.16. The highest BCUT2D eigenvalue weighted by Gasteiger charge is 2.33. The Morgan fingerprint density at radius 1 is 1.24 bits per heavy atom. The van der Waals surface area contributed by atoms with Gasteiger partial charge in [0.1, 0.15) is 15.9 Å². The molecule has 0 saturated carbocycles. The number of aryl methyl sites for hydroxylation is 1. The normalized spacial score (nSPS) is 14.7. The number of aromatic amines is 1. The number of carbonyl (C=O) groups excluding carboxylic acids is 2. The molecule has 0 saturated heterocycles. The number of aliphatic carboxylic acids is 1. The van der Waals surface area contributed by atoms with E-state index in [1.165, 1.54) is 12.5 Å². The van der Waals surface area contributed by atoms with E-state index < -0.39 is 51.5 Å². The lowest BCUT2D eigenvalue weighted by Gasteiger charge is -2.32. The zero-order valence-corrected chi connectivity index (χ0v) is 22.7. The van der Waals surface area contributed by atoms with Crippen molar-refractivity contribution in [2.24, 2.45) is 11.7 Å². The van der Waals surface area contributed by atoms with Gasteiger partial charge in [0.05, 0.1) is 36.6 Å². The van der Waals surface area contributed by atoms with Crippen LogP contribution in [0.1, 0.15) is 50.4 Å². The average Bonchev–Trinajstić information content (AvgIpc) is 3.42. The third kappa shape index (κ3) is 9.88. The van der Waals surface area contributed by atoms with Gasteiger partial charge in [-0.1, -0.05) is 50.6 Å². The van der Waals surface area contributed by atoms with Gasteiger partial charge in [-0.25, -0.2) is 23.3 Å². The third-order valence-corrected chi connectivity index (χ3v) is 7.21. The summed E-state index contributed by atoms with van der Waals surface area (Å²) in [4.78, 5) is 50.5. The second-order valence-electron chi connectivity index (χ2n) is 9.26. The number of amides is 2. The average molecular weight is 552 g/mol. The quantitative estimate of drug-likeness (QED) is 0.223. The Kier molecular flexibility index (Phi) is 11.9. The van der Waals surface area contributed by atoms with E-state index in [-0.39, 0.29) is 25.4 Å². The van der Waals surface area contributed by atoms with Crippen LogP contribution >= 0.6 is 0 Å². The summed E-state index contributed by atoms with van der Waals surface area (Å²) < 4.78 is 23.5. The molecule has 0 aliphatic carbocycles. The summed E-state index contributed by atoms with van der Waals surface area (Å²) in [7, 11) is -3.50. The summed E-state index contributed by atoms with van der Waals surface area (Å²) in [6.45, 7) is 3.56. The number of carboxylic acid groups (broad SMARTS) is 1. The first-order valence-corrected chi connectivity index (χ1v) is 14.4. The Hall–Kier alpha value is -3.29. The van der Waals surface area contributed by atoms with E-state index in [4.69, 9.17) is 10.6 Å². The number of hydroxylamine groups is 2. The molecule has 0 fully saturated rings. The van der Waals surface area contributed by atoms with Crippen molar-refractivity contribution < 1.29 is 32.7 Å². The molecular formula is C25H37N5O7S. The molecule has 210 valence electrons. The predicted molar refractivity (Wildman–Crippen MR) is 140 cm³/mol. The Morgan fingerprint density at radius 3 is 2.47 bits per heavy atom. The van der Waals surface area contributed by atoms with E-state index in [2.05, 4.69) is 15.3 Å². The molecule has 13 heteroatoms. The van der Waals surface area contributed by atoms with Gasteiger partial charge in [0.25, 0.3) is 0 Å². The van der Waals surface area contributed by atoms with Gasteiger partial charge in [0, 0.05) is 12.7 Å². The number of hydrogen-bond acceptors (Lipinski definition) is 8. The number of benzene rings is 1. The number of sulfone groups is 1. The van der Waals surface area contributed by atoms with E-state index in [1.807, 2.05) is 44.2 Å². The van der Waals surface area contributed by atoms with Crippen LogP contribution in [0.25, 0.3) is 0 Å². The van der Waals surface area contributed by atoms with Crippen LogP contribution in [-0.4, -0.2) is 77.0 Å². The first-order chi connectivity index (χ1) is 17.9. The smallest absolute Gasteiger partial charge is 0.329 e. The lowest BCUT2D eigenvalue weighted by atomic mass is 9.99. The highest BCUT2D eigenvalue weighted by molar-refractivity contribution is 7.90. The van der Waals surface area contributed by atoms with Gasteiger partial charge in [0.15, 0.2) is 6.04 Å². The van der Waals surface area contributed by atoms with Gasteiger partial charge in [0.2, 0.25) is 11.8 Å². The summed E-state index contributed by atoms with van der Waals surface area (Å²) >= 11 is 0. The van der Waals surface area contributed by atoms with Crippen molar-refractivity contribution in [3.05, 3.63) is 54.1 Å². The Bertz CT molecular complexity index is 1140. The van der Waals surface area contributed by atoms with Crippen LogP contribution in [0.4, 0.5) is 0 Å². The number of H-pyrrole nitrogens is 1. The summed E-state index contributed by atoms with van der Waals surface area (Å²) in [5, 5.41) is 13.4. The van der Waals surface area contributed by atoms with Gasteiger partial charge in [-0.05, 0) is 24.3 Å². The molecule has 0 aliphatic rings. The Balaban J connectivity index is 2.22. The molecule has 0 radical (unpaired) electrons. The van der Waals surface area contributed by atoms with Gasteiger partial charge >= 0.3 is 5.97 Å². The molecule has 2 amide bonds. The molecule has 0 unspecified atom stereocenters. The number of imidazole rings is 1. The fourth-order valence-corrected chi connectivity index (χ4v) is 4.30. The maximum Gasteiger partial charge on any atom is 0.329 e. The Morgan fingerprint density at radius 2 is 1.92 bits per heavy atom. The van der Waals surface area contributed by atoms with Crippen LogP contribution in [0.15, 0.2) is 42.9 Å². The highest BCUT2D eigenvalue weighted by atomic mass is 32.2.